The second-order valence-electron chi connectivity index (χ2n) is 10.5. The van der Waals surface area contributed by atoms with Crippen molar-refractivity contribution in [1.29, 1.82) is 0 Å². The van der Waals surface area contributed by atoms with E-state index in [-0.39, 0.29) is 31.4 Å². The first-order chi connectivity index (χ1) is 16.2. The van der Waals surface area contributed by atoms with Crippen molar-refractivity contribution in [2.24, 2.45) is 23.7 Å². The smallest absolute Gasteiger partial charge is 0.204 e. The van der Waals surface area contributed by atoms with E-state index in [1.54, 1.807) is 60.7 Å². The lowest BCUT2D eigenvalue weighted by Crippen LogP contribution is -2.41. The Balaban J connectivity index is 1.51. The lowest BCUT2D eigenvalue weighted by atomic mass is 9.73. The Labute approximate surface area is 200 Å². The molecule has 34 heavy (non-hydrogen) atoms. The average molecular weight is 495 g/mol. The van der Waals surface area contributed by atoms with E-state index in [4.69, 9.17) is 4.74 Å². The van der Waals surface area contributed by atoms with Crippen molar-refractivity contribution in [3.8, 4) is 0 Å². The summed E-state index contributed by atoms with van der Waals surface area (Å²) in [6, 6.07) is 16.5. The molecule has 0 spiro atoms. The van der Waals surface area contributed by atoms with E-state index in [2.05, 4.69) is 13.8 Å². The van der Waals surface area contributed by atoms with Gasteiger partial charge < -0.3 is 4.74 Å². The van der Waals surface area contributed by atoms with Gasteiger partial charge in [-0.15, -0.1) is 0 Å². The van der Waals surface area contributed by atoms with Gasteiger partial charge in [0.1, 0.15) is 11.2 Å². The van der Waals surface area contributed by atoms with E-state index >= 15 is 0 Å². The predicted molar refractivity (Wildman–Crippen MR) is 127 cm³/mol. The summed E-state index contributed by atoms with van der Waals surface area (Å²) >= 11 is 0. The maximum absolute atomic E-state index is 14.1. The molecule has 6 atom stereocenters. The molecule has 0 unspecified atom stereocenters. The fourth-order valence-corrected chi connectivity index (χ4v) is 12.5. The van der Waals surface area contributed by atoms with Crippen LogP contribution in [0.3, 0.4) is 0 Å². The minimum absolute atomic E-state index is 0.0846. The molecular weight excluding hydrogens is 468 g/mol. The van der Waals surface area contributed by atoms with Gasteiger partial charge >= 0.3 is 0 Å². The van der Waals surface area contributed by atoms with Gasteiger partial charge in [-0.25, -0.2) is 16.8 Å². The number of hydrogen-bond acceptors (Lipinski definition) is 5. The first-order valence-corrected chi connectivity index (χ1v) is 14.9. The summed E-state index contributed by atoms with van der Waals surface area (Å²) in [5.74, 6) is -0.499. The molecule has 1 heterocycles. The Morgan fingerprint density at radius 2 is 1.12 bits per heavy atom. The molecule has 0 aromatic heterocycles. The van der Waals surface area contributed by atoms with Crippen LogP contribution in [0.15, 0.2) is 91.4 Å². The Kier molecular flexibility index (Phi) is 3.91. The van der Waals surface area contributed by atoms with Crippen LogP contribution in [0.4, 0.5) is 0 Å². The summed E-state index contributed by atoms with van der Waals surface area (Å²) in [6.45, 7) is 4.24. The molecule has 7 heteroatoms. The molecule has 0 radical (unpaired) electrons. The van der Waals surface area contributed by atoms with Crippen molar-refractivity contribution in [1.82, 2.24) is 0 Å². The zero-order valence-electron chi connectivity index (χ0n) is 19.1. The zero-order chi connectivity index (χ0) is 23.7. The van der Waals surface area contributed by atoms with Crippen molar-refractivity contribution < 1.29 is 21.6 Å². The third-order valence-corrected chi connectivity index (χ3v) is 13.2. The van der Waals surface area contributed by atoms with Gasteiger partial charge in [0, 0.05) is 23.7 Å². The number of ether oxygens (including phenoxy) is 1. The third kappa shape index (κ3) is 2.12. The summed E-state index contributed by atoms with van der Waals surface area (Å²) in [7, 11) is -8.03. The summed E-state index contributed by atoms with van der Waals surface area (Å²) in [5.41, 5.74) is 1.51. The second-order valence-corrected chi connectivity index (χ2v) is 14.4. The molecule has 5 nitrogen and oxygen atoms in total. The van der Waals surface area contributed by atoms with Crippen molar-refractivity contribution in [2.45, 2.75) is 54.1 Å². The zero-order valence-corrected chi connectivity index (χ0v) is 20.7. The van der Waals surface area contributed by atoms with E-state index in [0.717, 1.165) is 12.8 Å². The molecule has 0 amide bonds. The molecule has 4 fully saturated rings. The maximum atomic E-state index is 14.1. The quantitative estimate of drug-likeness (QED) is 0.455. The standard InChI is InChI=1S/C27H26O5S2/c1-16(2)23-19-13-14-20(23)27-22-15-21(26(19,27)32-27)24(33(28,29)17-9-5-3-6-10-17)25(22)34(30,31)18-11-7-4-8-12-18/h3-12,19-22H,13-15H2,1-2H3/t19-,20-,21+,22+,26+,27+/m1/s1. The minimum atomic E-state index is -4.01. The highest BCUT2D eigenvalue weighted by Crippen LogP contribution is 2.87. The number of sulfone groups is 2. The van der Waals surface area contributed by atoms with Gasteiger partial charge in [0.2, 0.25) is 19.7 Å². The Morgan fingerprint density at radius 1 is 0.706 bits per heavy atom. The van der Waals surface area contributed by atoms with E-state index in [1.165, 1.54) is 11.1 Å². The van der Waals surface area contributed by atoms with Crippen LogP contribution in [0.5, 0.6) is 0 Å². The van der Waals surface area contributed by atoms with Crippen LogP contribution >= 0.6 is 0 Å². The van der Waals surface area contributed by atoms with E-state index in [1.807, 2.05) is 0 Å². The Hall–Kier alpha value is -2.22. The first kappa shape index (κ1) is 21.1. The second kappa shape index (κ2) is 6.31. The first-order valence-electron chi connectivity index (χ1n) is 11.9. The van der Waals surface area contributed by atoms with Gasteiger partial charge in [0.05, 0.1) is 19.6 Å². The van der Waals surface area contributed by atoms with Gasteiger partial charge in [-0.3, -0.25) is 0 Å². The third-order valence-electron chi connectivity index (χ3n) is 9.08. The molecule has 4 aliphatic carbocycles. The summed E-state index contributed by atoms with van der Waals surface area (Å²) < 4.78 is 63.0. The molecule has 2 aromatic rings. The van der Waals surface area contributed by atoms with Gasteiger partial charge in [-0.2, -0.15) is 0 Å². The van der Waals surface area contributed by atoms with Crippen LogP contribution in [0.25, 0.3) is 0 Å². The molecule has 2 aromatic carbocycles. The van der Waals surface area contributed by atoms with Crippen LogP contribution in [0.1, 0.15) is 33.1 Å². The Bertz CT molecular complexity index is 1410. The number of fused-ring (bicyclic) bond motifs is 4. The molecule has 0 N–H and O–H groups in total. The molecule has 1 aliphatic heterocycles. The minimum Gasteiger partial charge on any atom is -0.360 e. The van der Waals surface area contributed by atoms with Gasteiger partial charge in [0.15, 0.2) is 0 Å². The van der Waals surface area contributed by atoms with Crippen LogP contribution in [0, 0.1) is 23.7 Å². The predicted octanol–water partition coefficient (Wildman–Crippen LogP) is 4.68. The van der Waals surface area contributed by atoms with Crippen LogP contribution < -0.4 is 0 Å². The average Bonchev–Trinajstić information content (AvgIpc) is 3.15. The molecular formula is C27H26O5S2. The van der Waals surface area contributed by atoms with E-state index in [0.29, 0.717) is 6.42 Å². The molecule has 7 rings (SSSR count). The maximum Gasteiger partial charge on any atom is 0.204 e. The van der Waals surface area contributed by atoms with Crippen LogP contribution in [-0.4, -0.2) is 28.0 Å². The molecule has 176 valence electrons. The van der Waals surface area contributed by atoms with Crippen molar-refractivity contribution >= 4 is 19.7 Å². The van der Waals surface area contributed by atoms with Gasteiger partial charge in [-0.1, -0.05) is 47.5 Å². The highest BCUT2D eigenvalue weighted by molar-refractivity contribution is 7.99. The lowest BCUT2D eigenvalue weighted by Gasteiger charge is -2.31. The van der Waals surface area contributed by atoms with Crippen molar-refractivity contribution in [3.05, 3.63) is 81.6 Å². The summed E-state index contributed by atoms with van der Waals surface area (Å²) in [4.78, 5) is 0.459. The molecule has 3 saturated carbocycles. The monoisotopic (exact) mass is 494 g/mol. The molecule has 4 bridgehead atoms. The molecule has 5 aliphatic rings. The number of allylic oxidation sites excluding steroid dienone is 1. The SMILES string of the molecule is CC(C)=C1[C@H]2CC[C@H]1[C@@]13O[C@]21[C@H]1C[C@H]3C(S(=O)(=O)c2ccccc2)=C1S(=O)(=O)c1ccccc1. The van der Waals surface area contributed by atoms with Gasteiger partial charge in [-0.05, 0) is 57.4 Å². The fraction of sp³-hybridized carbons (Fsp3) is 0.407. The largest absolute Gasteiger partial charge is 0.360 e. The lowest BCUT2D eigenvalue weighted by molar-refractivity contribution is 0.121. The summed E-state index contributed by atoms with van der Waals surface area (Å²) in [6.07, 6.45) is 2.50. The van der Waals surface area contributed by atoms with E-state index < -0.39 is 42.7 Å². The number of benzene rings is 2. The fourth-order valence-electron chi connectivity index (χ4n) is 8.21. The van der Waals surface area contributed by atoms with Crippen molar-refractivity contribution in [3.63, 3.8) is 0 Å². The Morgan fingerprint density at radius 3 is 1.50 bits per heavy atom. The van der Waals surface area contributed by atoms with E-state index in [9.17, 15) is 16.8 Å². The van der Waals surface area contributed by atoms with Crippen LogP contribution in [0.2, 0.25) is 0 Å². The van der Waals surface area contributed by atoms with Gasteiger partial charge in [0.25, 0.3) is 0 Å². The topological polar surface area (TPSA) is 80.8 Å². The highest BCUT2D eigenvalue weighted by atomic mass is 32.2. The van der Waals surface area contributed by atoms with Crippen LogP contribution in [-0.2, 0) is 24.4 Å². The summed E-state index contributed by atoms with van der Waals surface area (Å²) in [5, 5.41) is 0. The van der Waals surface area contributed by atoms with Crippen molar-refractivity contribution in [2.75, 3.05) is 0 Å². The number of epoxide rings is 1. The molecule has 1 saturated heterocycles. The number of hydrogen-bond donors (Lipinski definition) is 0. The number of rotatable bonds is 4. The normalized spacial score (nSPS) is 37.2. The highest BCUT2D eigenvalue weighted by Gasteiger charge is 2.94.